The maximum atomic E-state index is 13.7. The third-order valence-corrected chi connectivity index (χ3v) is 10.7. The minimum absolute atomic E-state index is 0.0506. The largest absolute Gasteiger partial charge is 0.497 e. The monoisotopic (exact) mass is 699 g/mol. The van der Waals surface area contributed by atoms with Gasteiger partial charge in [0, 0.05) is 26.2 Å². The summed E-state index contributed by atoms with van der Waals surface area (Å²) in [7, 11) is -6.62. The fourth-order valence-electron chi connectivity index (χ4n) is 5.57. The molecule has 1 amide bonds. The van der Waals surface area contributed by atoms with Crippen molar-refractivity contribution in [2.75, 3.05) is 46.1 Å². The standard InChI is InChI=1S/C31H46N3O11PS/c1-21(2)18-34(47(40,41)25-10-8-24(42-3)9-11-25)19-28(35)27(33-31(36)45-29-20-44-30-26(29)12-14-43-30)16-22-4-6-23(7-5-22)17-32-13-15-46(37,38)39/h4-11,21,26-30,32,35H,12-20H2,1-3H3,(H,33,36)(H2,37,38,39). The third-order valence-electron chi connectivity index (χ3n) is 8.06. The number of rotatable bonds is 17. The van der Waals surface area contributed by atoms with Crippen molar-refractivity contribution in [3.63, 3.8) is 0 Å². The van der Waals surface area contributed by atoms with E-state index in [2.05, 4.69) is 10.6 Å². The Kier molecular flexibility index (Phi) is 13.2. The molecule has 2 saturated heterocycles. The summed E-state index contributed by atoms with van der Waals surface area (Å²) >= 11 is 0. The number of amides is 1. The van der Waals surface area contributed by atoms with Crippen LogP contribution >= 0.6 is 7.60 Å². The van der Waals surface area contributed by atoms with E-state index in [1.54, 1.807) is 12.1 Å². The van der Waals surface area contributed by atoms with E-state index < -0.39 is 48.3 Å². The minimum Gasteiger partial charge on any atom is -0.497 e. The van der Waals surface area contributed by atoms with Crippen LogP contribution in [0.4, 0.5) is 4.79 Å². The Morgan fingerprint density at radius 3 is 2.38 bits per heavy atom. The van der Waals surface area contributed by atoms with Gasteiger partial charge in [0.25, 0.3) is 0 Å². The number of nitrogens with zero attached hydrogens (tertiary/aromatic N) is 1. The zero-order valence-corrected chi connectivity index (χ0v) is 28.6. The van der Waals surface area contributed by atoms with Gasteiger partial charge >= 0.3 is 13.7 Å². The Labute approximate surface area is 275 Å². The number of ether oxygens (including phenoxy) is 4. The molecule has 0 aliphatic carbocycles. The number of aliphatic hydroxyl groups is 1. The molecule has 16 heteroatoms. The normalized spacial score (nSPS) is 21.1. The predicted molar refractivity (Wildman–Crippen MR) is 172 cm³/mol. The molecule has 0 spiro atoms. The first-order chi connectivity index (χ1) is 22.2. The van der Waals surface area contributed by atoms with Crippen LogP contribution in [0.1, 0.15) is 31.4 Å². The molecule has 4 rings (SSSR count). The van der Waals surface area contributed by atoms with Crippen molar-refractivity contribution in [2.45, 2.75) is 62.7 Å². The number of hydrogen-bond acceptors (Lipinski definition) is 10. The van der Waals surface area contributed by atoms with E-state index >= 15 is 0 Å². The second-order valence-electron chi connectivity index (χ2n) is 12.3. The molecule has 0 bridgehead atoms. The number of carbonyl (C=O) groups is 1. The molecule has 0 saturated carbocycles. The Balaban J connectivity index is 1.49. The van der Waals surface area contributed by atoms with Gasteiger partial charge in [0.1, 0.15) is 11.9 Å². The van der Waals surface area contributed by atoms with Crippen LogP contribution in [0.15, 0.2) is 53.4 Å². The molecule has 2 aromatic rings. The van der Waals surface area contributed by atoms with E-state index in [-0.39, 0.29) is 55.6 Å². The van der Waals surface area contributed by atoms with Crippen LogP contribution in [0.3, 0.4) is 0 Å². The Bertz CT molecular complexity index is 1450. The van der Waals surface area contributed by atoms with Crippen molar-refractivity contribution >= 4 is 23.7 Å². The number of alkyl carbamates (subject to hydrolysis) is 1. The predicted octanol–water partition coefficient (Wildman–Crippen LogP) is 2.07. The Morgan fingerprint density at radius 2 is 1.74 bits per heavy atom. The minimum atomic E-state index is -4.09. The SMILES string of the molecule is COc1ccc(S(=O)(=O)N(CC(C)C)CC(O)C(Cc2ccc(CNCCP(=O)(O)O)cc2)NC(=O)OC2COC3OCCC23)cc1. The topological polar surface area (TPSA) is 193 Å². The van der Waals surface area contributed by atoms with Gasteiger partial charge in [-0.2, -0.15) is 4.31 Å². The summed E-state index contributed by atoms with van der Waals surface area (Å²) in [6, 6.07) is 12.4. The van der Waals surface area contributed by atoms with E-state index in [4.69, 9.17) is 28.7 Å². The van der Waals surface area contributed by atoms with Gasteiger partial charge in [-0.25, -0.2) is 13.2 Å². The summed E-state index contributed by atoms with van der Waals surface area (Å²) in [6.07, 6.45) is -2.40. The summed E-state index contributed by atoms with van der Waals surface area (Å²) < 4.78 is 61.7. The van der Waals surface area contributed by atoms with E-state index in [9.17, 15) is 22.9 Å². The van der Waals surface area contributed by atoms with Crippen LogP contribution in [0.25, 0.3) is 0 Å². The molecule has 0 radical (unpaired) electrons. The quantitative estimate of drug-likeness (QED) is 0.119. The average molecular weight is 700 g/mol. The summed E-state index contributed by atoms with van der Waals surface area (Å²) in [5, 5.41) is 17.3. The molecule has 2 aliphatic heterocycles. The third kappa shape index (κ3) is 11.0. The van der Waals surface area contributed by atoms with Gasteiger partial charge in [-0.05, 0) is 54.2 Å². The number of aliphatic hydroxyl groups excluding tert-OH is 1. The molecular weight excluding hydrogens is 653 g/mol. The van der Waals surface area contributed by atoms with Crippen molar-refractivity contribution < 1.29 is 51.6 Å². The Morgan fingerprint density at radius 1 is 1.06 bits per heavy atom. The molecule has 262 valence electrons. The van der Waals surface area contributed by atoms with Crippen LogP contribution in [-0.2, 0) is 41.8 Å². The fourth-order valence-corrected chi connectivity index (χ4v) is 7.64. The molecule has 47 heavy (non-hydrogen) atoms. The second kappa shape index (κ2) is 16.7. The van der Waals surface area contributed by atoms with Crippen molar-refractivity contribution in [2.24, 2.45) is 11.8 Å². The zero-order valence-electron chi connectivity index (χ0n) is 26.9. The summed E-state index contributed by atoms with van der Waals surface area (Å²) in [4.78, 5) is 31.3. The highest BCUT2D eigenvalue weighted by atomic mass is 32.2. The van der Waals surface area contributed by atoms with Crippen LogP contribution < -0.4 is 15.4 Å². The number of nitrogens with one attached hydrogen (secondary N) is 2. The molecule has 2 heterocycles. The van der Waals surface area contributed by atoms with Gasteiger partial charge in [-0.15, -0.1) is 0 Å². The lowest BCUT2D eigenvalue weighted by atomic mass is 10.00. The van der Waals surface area contributed by atoms with E-state index in [1.807, 2.05) is 38.1 Å². The first kappa shape index (κ1) is 37.2. The van der Waals surface area contributed by atoms with E-state index in [0.717, 1.165) is 11.1 Å². The van der Waals surface area contributed by atoms with Crippen LogP contribution in [0, 0.1) is 11.8 Å². The summed E-state index contributed by atoms with van der Waals surface area (Å²) in [5.41, 5.74) is 1.63. The molecule has 2 aromatic carbocycles. The number of methoxy groups -OCH3 is 1. The van der Waals surface area contributed by atoms with Crippen LogP contribution in [0.5, 0.6) is 5.75 Å². The van der Waals surface area contributed by atoms with Gasteiger partial charge < -0.3 is 44.5 Å². The fraction of sp³-hybridized carbons (Fsp3) is 0.581. The smallest absolute Gasteiger partial charge is 0.407 e. The highest BCUT2D eigenvalue weighted by Crippen LogP contribution is 2.33. The van der Waals surface area contributed by atoms with Crippen LogP contribution in [-0.4, -0.2) is 104 Å². The van der Waals surface area contributed by atoms with Crippen molar-refractivity contribution in [1.82, 2.24) is 14.9 Å². The number of fused-ring (bicyclic) bond motifs is 1. The van der Waals surface area contributed by atoms with Gasteiger partial charge in [0.05, 0.1) is 49.4 Å². The lowest BCUT2D eigenvalue weighted by molar-refractivity contribution is -0.0907. The second-order valence-corrected chi connectivity index (χ2v) is 16.0. The molecule has 5 N–H and O–H groups in total. The molecule has 5 unspecified atom stereocenters. The van der Waals surface area contributed by atoms with E-state index in [1.165, 1.54) is 23.5 Å². The molecule has 0 aromatic heterocycles. The van der Waals surface area contributed by atoms with Gasteiger partial charge in [-0.1, -0.05) is 38.1 Å². The Hall–Kier alpha value is -2.59. The first-order valence-electron chi connectivity index (χ1n) is 15.6. The number of benzene rings is 2. The zero-order chi connectivity index (χ0) is 34.2. The molecule has 2 fully saturated rings. The first-order valence-corrected chi connectivity index (χ1v) is 18.8. The van der Waals surface area contributed by atoms with E-state index in [0.29, 0.717) is 25.3 Å². The summed E-state index contributed by atoms with van der Waals surface area (Å²) in [5.74, 6) is 0.370. The molecule has 2 aliphatic rings. The lowest BCUT2D eigenvalue weighted by Crippen LogP contribution is -2.51. The molecular formula is C31H46N3O11PS. The maximum Gasteiger partial charge on any atom is 0.407 e. The van der Waals surface area contributed by atoms with Gasteiger partial charge in [0.15, 0.2) is 6.29 Å². The van der Waals surface area contributed by atoms with Crippen LogP contribution in [0.2, 0.25) is 0 Å². The molecule has 14 nitrogen and oxygen atoms in total. The molecule has 5 atom stereocenters. The van der Waals surface area contributed by atoms with Gasteiger partial charge in [0.2, 0.25) is 10.0 Å². The number of carbonyl (C=O) groups excluding carboxylic acids is 1. The maximum absolute atomic E-state index is 13.7. The average Bonchev–Trinajstić information content (AvgIpc) is 3.64. The number of hydrogen-bond donors (Lipinski definition) is 5. The number of sulfonamides is 1. The van der Waals surface area contributed by atoms with Gasteiger partial charge in [-0.3, -0.25) is 4.57 Å². The highest BCUT2D eigenvalue weighted by molar-refractivity contribution is 7.89. The van der Waals surface area contributed by atoms with Crippen molar-refractivity contribution in [3.8, 4) is 5.75 Å². The summed E-state index contributed by atoms with van der Waals surface area (Å²) in [6.45, 7) is 4.85. The van der Waals surface area contributed by atoms with Crippen molar-refractivity contribution in [3.05, 3.63) is 59.7 Å². The van der Waals surface area contributed by atoms with Crippen molar-refractivity contribution in [1.29, 1.82) is 0 Å². The lowest BCUT2D eigenvalue weighted by Gasteiger charge is -2.31. The highest BCUT2D eigenvalue weighted by Gasteiger charge is 2.44.